The number of anilines is 2. The van der Waals surface area contributed by atoms with E-state index in [1.54, 1.807) is 0 Å². The van der Waals surface area contributed by atoms with Crippen molar-refractivity contribution in [2.45, 2.75) is 65.0 Å². The highest BCUT2D eigenvalue weighted by molar-refractivity contribution is 5.91. The Morgan fingerprint density at radius 3 is 2.53 bits per heavy atom. The van der Waals surface area contributed by atoms with Crippen LogP contribution < -0.4 is 4.90 Å². The van der Waals surface area contributed by atoms with Gasteiger partial charge in [0.05, 0.1) is 30.9 Å². The molecule has 1 N–H and O–H groups in total. The average Bonchev–Trinajstić information content (AvgIpc) is 3.13. The Kier molecular flexibility index (Phi) is 6.38. The molecule has 5 nitrogen and oxygen atoms in total. The van der Waals surface area contributed by atoms with E-state index >= 15 is 0 Å². The second kappa shape index (κ2) is 9.44. The fraction of sp³-hybridized carbons (Fsp3) is 0.483. The van der Waals surface area contributed by atoms with Gasteiger partial charge in [-0.3, -0.25) is 4.90 Å². The first-order valence-corrected chi connectivity index (χ1v) is 12.8. The summed E-state index contributed by atoms with van der Waals surface area (Å²) in [6.07, 6.45) is 3.50. The molecule has 0 saturated carbocycles. The highest BCUT2D eigenvalue weighted by atomic mass is 16.5. The van der Waals surface area contributed by atoms with Crippen LogP contribution in [0.25, 0.3) is 10.9 Å². The van der Waals surface area contributed by atoms with E-state index in [-0.39, 0.29) is 0 Å². The van der Waals surface area contributed by atoms with E-state index in [1.165, 1.54) is 53.7 Å². The predicted octanol–water partition coefficient (Wildman–Crippen LogP) is 6.04. The summed E-state index contributed by atoms with van der Waals surface area (Å²) in [5, 5.41) is 10.5. The third-order valence-electron chi connectivity index (χ3n) is 7.81. The second-order valence-corrected chi connectivity index (χ2v) is 10.2. The number of rotatable bonds is 6. The van der Waals surface area contributed by atoms with Crippen molar-refractivity contribution in [1.82, 2.24) is 9.88 Å². The van der Waals surface area contributed by atoms with E-state index in [0.717, 1.165) is 31.0 Å². The normalized spacial score (nSPS) is 17.8. The number of nitrogens with one attached hydrogen (secondary N) is 1. The minimum atomic E-state index is 0.294. The van der Waals surface area contributed by atoms with Gasteiger partial charge in [0.15, 0.2) is 0 Å². The number of H-pyrrole nitrogens is 1. The molecule has 2 fully saturated rings. The highest BCUT2D eigenvalue weighted by Crippen LogP contribution is 2.39. The molecule has 0 atom stereocenters. The van der Waals surface area contributed by atoms with Crippen LogP contribution in [0, 0.1) is 18.3 Å². The molecular weight excluding hydrogens is 420 g/mol. The predicted molar refractivity (Wildman–Crippen MR) is 139 cm³/mol. The topological polar surface area (TPSA) is 55.3 Å². The second-order valence-electron chi connectivity index (χ2n) is 10.2. The Bertz CT molecular complexity index is 1210. The van der Waals surface area contributed by atoms with Crippen molar-refractivity contribution in [3.63, 3.8) is 0 Å². The van der Waals surface area contributed by atoms with E-state index in [9.17, 15) is 5.26 Å². The lowest BCUT2D eigenvalue weighted by Gasteiger charge is -2.42. The standard InChI is InChI=1S/C29H36N4O/c1-5-22-7-8-24(15-27(22)23-10-12-32(13-11-23)25-17-34-18-25)33(19(2)3)29-20(4)26-9-6-21(16-30)14-28(26)31-29/h6-9,14-15,19,23,25,31H,5,10-13,17-18H2,1-4H3. The first kappa shape index (κ1) is 23.0. The number of aromatic nitrogens is 1. The van der Waals surface area contributed by atoms with Crippen molar-refractivity contribution in [3.05, 3.63) is 58.7 Å². The van der Waals surface area contributed by atoms with Gasteiger partial charge in [-0.15, -0.1) is 0 Å². The number of ether oxygens (including phenoxy) is 1. The van der Waals surface area contributed by atoms with Crippen molar-refractivity contribution in [1.29, 1.82) is 5.26 Å². The van der Waals surface area contributed by atoms with Crippen LogP contribution in [-0.2, 0) is 11.2 Å². The Morgan fingerprint density at radius 1 is 1.15 bits per heavy atom. The lowest BCUT2D eigenvalue weighted by molar-refractivity contribution is -0.0712. The summed E-state index contributed by atoms with van der Waals surface area (Å²) in [4.78, 5) is 8.68. The number of nitriles is 1. The van der Waals surface area contributed by atoms with Crippen LogP contribution in [0.3, 0.4) is 0 Å². The maximum absolute atomic E-state index is 9.33. The van der Waals surface area contributed by atoms with Gasteiger partial charge in [-0.2, -0.15) is 5.26 Å². The van der Waals surface area contributed by atoms with Crippen molar-refractivity contribution in [2.75, 3.05) is 31.2 Å². The SMILES string of the molecule is CCc1ccc(N(c2[nH]c3cc(C#N)ccc3c2C)C(C)C)cc1C1CCN(C2COC2)CC1. The van der Waals surface area contributed by atoms with Crippen molar-refractivity contribution >= 4 is 22.4 Å². The molecule has 0 bridgehead atoms. The first-order valence-electron chi connectivity index (χ1n) is 12.8. The molecule has 2 aliphatic rings. The summed E-state index contributed by atoms with van der Waals surface area (Å²) in [6.45, 7) is 13.1. The van der Waals surface area contributed by atoms with Crippen LogP contribution in [0.4, 0.5) is 11.5 Å². The number of piperidine rings is 1. The molecule has 2 saturated heterocycles. The lowest BCUT2D eigenvalue weighted by atomic mass is 9.85. The first-order chi connectivity index (χ1) is 16.5. The Morgan fingerprint density at radius 2 is 1.91 bits per heavy atom. The smallest absolute Gasteiger partial charge is 0.114 e. The largest absolute Gasteiger partial charge is 0.378 e. The molecule has 0 unspecified atom stereocenters. The molecule has 2 aliphatic heterocycles. The van der Waals surface area contributed by atoms with Crippen molar-refractivity contribution < 1.29 is 4.74 Å². The van der Waals surface area contributed by atoms with E-state index in [1.807, 2.05) is 12.1 Å². The summed E-state index contributed by atoms with van der Waals surface area (Å²) in [5.41, 5.74) is 7.18. The number of aryl methyl sites for hydroxylation is 2. The van der Waals surface area contributed by atoms with Gasteiger partial charge in [-0.1, -0.05) is 19.1 Å². The fourth-order valence-corrected chi connectivity index (χ4v) is 5.76. The number of fused-ring (bicyclic) bond motifs is 1. The highest BCUT2D eigenvalue weighted by Gasteiger charge is 2.31. The molecule has 178 valence electrons. The van der Waals surface area contributed by atoms with E-state index in [4.69, 9.17) is 4.74 Å². The summed E-state index contributed by atoms with van der Waals surface area (Å²) < 4.78 is 5.42. The Hall–Kier alpha value is -2.81. The van der Waals surface area contributed by atoms with Crippen molar-refractivity contribution in [2.24, 2.45) is 0 Å². The van der Waals surface area contributed by atoms with Gasteiger partial charge in [-0.25, -0.2) is 0 Å². The summed E-state index contributed by atoms with van der Waals surface area (Å²) >= 11 is 0. The van der Waals surface area contributed by atoms with E-state index in [2.05, 4.69) is 72.8 Å². The third-order valence-corrected chi connectivity index (χ3v) is 7.81. The molecule has 0 radical (unpaired) electrons. The van der Waals surface area contributed by atoms with Crippen LogP contribution in [0.1, 0.15) is 61.8 Å². The van der Waals surface area contributed by atoms with Gasteiger partial charge in [0.1, 0.15) is 5.82 Å². The molecule has 3 aromatic rings. The minimum Gasteiger partial charge on any atom is -0.378 e. The molecule has 5 rings (SSSR count). The molecule has 1 aromatic heterocycles. The quantitative estimate of drug-likeness (QED) is 0.492. The number of likely N-dealkylation sites (tertiary alicyclic amines) is 1. The molecule has 2 aromatic carbocycles. The van der Waals surface area contributed by atoms with Gasteiger partial charge >= 0.3 is 0 Å². The zero-order valence-electron chi connectivity index (χ0n) is 20.9. The molecule has 0 spiro atoms. The third kappa shape index (κ3) is 4.10. The van der Waals surface area contributed by atoms with Crippen LogP contribution >= 0.6 is 0 Å². The molecule has 0 aliphatic carbocycles. The number of nitrogens with zero attached hydrogens (tertiary/aromatic N) is 3. The zero-order valence-corrected chi connectivity index (χ0v) is 20.9. The maximum Gasteiger partial charge on any atom is 0.114 e. The van der Waals surface area contributed by atoms with Gasteiger partial charge < -0.3 is 14.6 Å². The van der Waals surface area contributed by atoms with Gasteiger partial charge in [0.25, 0.3) is 0 Å². The maximum atomic E-state index is 9.33. The summed E-state index contributed by atoms with van der Waals surface area (Å²) in [7, 11) is 0. The van der Waals surface area contributed by atoms with Crippen LogP contribution in [0.2, 0.25) is 0 Å². The number of aromatic amines is 1. The van der Waals surface area contributed by atoms with Gasteiger partial charge in [0, 0.05) is 22.6 Å². The lowest BCUT2D eigenvalue weighted by Crippen LogP contribution is -2.51. The molecule has 34 heavy (non-hydrogen) atoms. The molecule has 3 heterocycles. The average molecular weight is 457 g/mol. The Balaban J connectivity index is 1.49. The fourth-order valence-electron chi connectivity index (χ4n) is 5.76. The number of hydrogen-bond donors (Lipinski definition) is 1. The van der Waals surface area contributed by atoms with E-state index < -0.39 is 0 Å². The minimum absolute atomic E-state index is 0.294. The molecule has 0 amide bonds. The summed E-state index contributed by atoms with van der Waals surface area (Å²) in [5.74, 6) is 1.73. The van der Waals surface area contributed by atoms with Crippen LogP contribution in [0.5, 0.6) is 0 Å². The van der Waals surface area contributed by atoms with Gasteiger partial charge in [0.2, 0.25) is 0 Å². The zero-order chi connectivity index (χ0) is 23.8. The molecule has 5 heteroatoms. The monoisotopic (exact) mass is 456 g/mol. The number of benzene rings is 2. The van der Waals surface area contributed by atoms with E-state index in [0.29, 0.717) is 23.6 Å². The van der Waals surface area contributed by atoms with Crippen LogP contribution in [0.15, 0.2) is 36.4 Å². The summed E-state index contributed by atoms with van der Waals surface area (Å²) in [6, 6.07) is 16.2. The van der Waals surface area contributed by atoms with Crippen LogP contribution in [-0.4, -0.2) is 48.3 Å². The Labute approximate surface area is 203 Å². The number of hydrogen-bond acceptors (Lipinski definition) is 4. The van der Waals surface area contributed by atoms with Crippen molar-refractivity contribution in [3.8, 4) is 6.07 Å². The van der Waals surface area contributed by atoms with Gasteiger partial charge in [-0.05, 0) is 100.0 Å². The molecular formula is C29H36N4O.